The van der Waals surface area contributed by atoms with Crippen molar-refractivity contribution in [2.24, 2.45) is 0 Å². The molecule has 0 spiro atoms. The first-order chi connectivity index (χ1) is 10.6. The van der Waals surface area contributed by atoms with Gasteiger partial charge in [-0.3, -0.25) is 0 Å². The first kappa shape index (κ1) is 15.4. The largest absolute Gasteiger partial charge is 0.485 e. The van der Waals surface area contributed by atoms with Gasteiger partial charge in [0, 0.05) is 19.8 Å². The van der Waals surface area contributed by atoms with E-state index in [4.69, 9.17) is 10.00 Å². The molecule has 2 aromatic rings. The smallest absolute Gasteiger partial charge is 0.139 e. The fraction of sp³-hybridized carbons (Fsp3) is 0.222. The van der Waals surface area contributed by atoms with Gasteiger partial charge in [-0.1, -0.05) is 18.2 Å². The number of benzene rings is 2. The molecule has 1 atom stereocenters. The van der Waals surface area contributed by atoms with Gasteiger partial charge in [-0.2, -0.15) is 10.5 Å². The maximum Gasteiger partial charge on any atom is 0.139 e. The van der Waals surface area contributed by atoms with Gasteiger partial charge in [0.1, 0.15) is 29.6 Å². The molecule has 0 aliphatic heterocycles. The van der Waals surface area contributed by atoms with Crippen molar-refractivity contribution in [3.8, 4) is 17.9 Å². The third-order valence-electron chi connectivity index (χ3n) is 3.42. The van der Waals surface area contributed by atoms with E-state index in [2.05, 4.69) is 0 Å². The number of anilines is 1. The fourth-order valence-electron chi connectivity index (χ4n) is 2.15. The van der Waals surface area contributed by atoms with Gasteiger partial charge in [0.25, 0.3) is 0 Å². The van der Waals surface area contributed by atoms with Gasteiger partial charge in [0.2, 0.25) is 0 Å². The van der Waals surface area contributed by atoms with E-state index in [9.17, 15) is 5.26 Å². The minimum Gasteiger partial charge on any atom is -0.485 e. The van der Waals surface area contributed by atoms with Crippen LogP contribution in [0.25, 0.3) is 0 Å². The second kappa shape index (κ2) is 6.65. The normalized spacial score (nSPS) is 11.1. The summed E-state index contributed by atoms with van der Waals surface area (Å²) in [6.07, 6.45) is -0.221. The molecule has 0 bridgehead atoms. The van der Waals surface area contributed by atoms with Crippen molar-refractivity contribution in [3.63, 3.8) is 0 Å². The fourth-order valence-corrected chi connectivity index (χ4v) is 2.15. The highest BCUT2D eigenvalue weighted by atomic mass is 16.5. The molecule has 2 aromatic carbocycles. The molecule has 2 rings (SSSR count). The Kier molecular flexibility index (Phi) is 4.66. The predicted octanol–water partition coefficient (Wildman–Crippen LogP) is 3.64. The summed E-state index contributed by atoms with van der Waals surface area (Å²) >= 11 is 0. The lowest BCUT2D eigenvalue weighted by molar-refractivity contribution is 0.226. The summed E-state index contributed by atoms with van der Waals surface area (Å²) < 4.78 is 5.91. The molecule has 4 heteroatoms. The molecule has 4 nitrogen and oxygen atoms in total. The van der Waals surface area contributed by atoms with Crippen LogP contribution in [0.1, 0.15) is 29.7 Å². The summed E-state index contributed by atoms with van der Waals surface area (Å²) in [7, 11) is 3.96. The quantitative estimate of drug-likeness (QED) is 0.863. The average Bonchev–Trinajstić information content (AvgIpc) is 2.54. The molecule has 110 valence electrons. The Hall–Kier alpha value is -2.98. The van der Waals surface area contributed by atoms with Crippen LogP contribution >= 0.6 is 0 Å². The Bertz CT molecular complexity index is 754. The minimum absolute atomic E-state index is 0.221. The lowest BCUT2D eigenvalue weighted by Gasteiger charge is -2.19. The van der Waals surface area contributed by atoms with Crippen molar-refractivity contribution in [1.29, 1.82) is 10.5 Å². The molecular formula is C18H17N3O. The van der Waals surface area contributed by atoms with Crippen molar-refractivity contribution >= 4 is 5.69 Å². The van der Waals surface area contributed by atoms with E-state index in [-0.39, 0.29) is 11.7 Å². The Morgan fingerprint density at radius 1 is 1.05 bits per heavy atom. The molecule has 22 heavy (non-hydrogen) atoms. The zero-order valence-corrected chi connectivity index (χ0v) is 12.9. The van der Waals surface area contributed by atoms with Gasteiger partial charge in [-0.05, 0) is 36.8 Å². The van der Waals surface area contributed by atoms with Crippen LogP contribution in [0, 0.1) is 22.7 Å². The molecule has 0 N–H and O–H groups in total. The van der Waals surface area contributed by atoms with Crippen molar-refractivity contribution < 1.29 is 4.74 Å². The average molecular weight is 291 g/mol. The second-order valence-electron chi connectivity index (χ2n) is 5.15. The van der Waals surface area contributed by atoms with Crippen molar-refractivity contribution in [1.82, 2.24) is 0 Å². The maximum atomic E-state index is 9.24. The number of nitriles is 2. The van der Waals surface area contributed by atoms with E-state index >= 15 is 0 Å². The lowest BCUT2D eigenvalue weighted by Crippen LogP contribution is -2.10. The molecule has 0 heterocycles. The van der Waals surface area contributed by atoms with E-state index in [1.54, 1.807) is 18.2 Å². The van der Waals surface area contributed by atoms with Gasteiger partial charge < -0.3 is 9.64 Å². The van der Waals surface area contributed by atoms with Gasteiger partial charge in [-0.15, -0.1) is 0 Å². The zero-order chi connectivity index (χ0) is 16.1. The first-order valence-corrected chi connectivity index (χ1v) is 6.94. The number of rotatable bonds is 4. The van der Waals surface area contributed by atoms with Crippen LogP contribution in [-0.2, 0) is 0 Å². The van der Waals surface area contributed by atoms with Gasteiger partial charge in [0.05, 0.1) is 5.56 Å². The Morgan fingerprint density at radius 2 is 1.77 bits per heavy atom. The Morgan fingerprint density at radius 3 is 2.41 bits per heavy atom. The van der Waals surface area contributed by atoms with E-state index in [1.807, 2.05) is 62.3 Å². The van der Waals surface area contributed by atoms with Gasteiger partial charge in [-0.25, -0.2) is 0 Å². The Balaban J connectivity index is 2.30. The zero-order valence-electron chi connectivity index (χ0n) is 12.9. The van der Waals surface area contributed by atoms with E-state index in [0.29, 0.717) is 11.3 Å². The lowest BCUT2D eigenvalue weighted by atomic mass is 10.1. The maximum absolute atomic E-state index is 9.24. The second-order valence-corrected chi connectivity index (χ2v) is 5.15. The van der Waals surface area contributed by atoms with Crippen LogP contribution in [0.4, 0.5) is 5.69 Å². The van der Waals surface area contributed by atoms with E-state index in [0.717, 1.165) is 11.3 Å². The van der Waals surface area contributed by atoms with Crippen molar-refractivity contribution in [2.75, 3.05) is 19.0 Å². The van der Waals surface area contributed by atoms with Gasteiger partial charge >= 0.3 is 0 Å². The highest BCUT2D eigenvalue weighted by Crippen LogP contribution is 2.28. The van der Waals surface area contributed by atoms with E-state index < -0.39 is 0 Å². The monoisotopic (exact) mass is 291 g/mol. The molecule has 1 unspecified atom stereocenters. The number of ether oxygens (including phenoxy) is 1. The van der Waals surface area contributed by atoms with Crippen LogP contribution < -0.4 is 9.64 Å². The summed E-state index contributed by atoms with van der Waals surface area (Å²) in [5, 5.41) is 18.3. The van der Waals surface area contributed by atoms with Gasteiger partial charge in [0.15, 0.2) is 0 Å². The molecule has 0 radical (unpaired) electrons. The van der Waals surface area contributed by atoms with Crippen molar-refractivity contribution in [2.45, 2.75) is 13.0 Å². The topological polar surface area (TPSA) is 60.0 Å². The highest BCUT2D eigenvalue weighted by molar-refractivity contribution is 5.54. The summed E-state index contributed by atoms with van der Waals surface area (Å²) in [6.45, 7) is 1.93. The van der Waals surface area contributed by atoms with E-state index in [1.165, 1.54) is 0 Å². The third kappa shape index (κ3) is 3.19. The van der Waals surface area contributed by atoms with Crippen LogP contribution in [-0.4, -0.2) is 14.1 Å². The summed E-state index contributed by atoms with van der Waals surface area (Å²) in [5.41, 5.74) is 2.70. The first-order valence-electron chi connectivity index (χ1n) is 6.94. The number of hydrogen-bond acceptors (Lipinski definition) is 4. The van der Waals surface area contributed by atoms with Crippen LogP contribution in [0.2, 0.25) is 0 Å². The molecule has 0 aliphatic carbocycles. The van der Waals surface area contributed by atoms with Crippen LogP contribution in [0.3, 0.4) is 0 Å². The molecule has 0 aromatic heterocycles. The standard InChI is InChI=1S/C18H17N3O/c1-13(14-6-4-8-16(10-14)21(2)3)22-18-9-5-7-15(11-19)17(18)12-20/h4-10,13H,1-3H3. The molecule has 0 amide bonds. The molecule has 0 fully saturated rings. The Labute approximate surface area is 130 Å². The molecule has 0 aliphatic rings. The molecule has 0 saturated heterocycles. The number of hydrogen-bond donors (Lipinski definition) is 0. The van der Waals surface area contributed by atoms with Crippen molar-refractivity contribution in [3.05, 3.63) is 59.2 Å². The SMILES string of the molecule is CC(Oc1cccc(C#N)c1C#N)c1cccc(N(C)C)c1. The third-order valence-corrected chi connectivity index (χ3v) is 3.42. The summed E-state index contributed by atoms with van der Waals surface area (Å²) in [6, 6.07) is 17.1. The molecular weight excluding hydrogens is 274 g/mol. The summed E-state index contributed by atoms with van der Waals surface area (Å²) in [4.78, 5) is 2.02. The highest BCUT2D eigenvalue weighted by Gasteiger charge is 2.14. The molecule has 0 saturated carbocycles. The number of nitrogens with zero attached hydrogens (tertiary/aromatic N) is 3. The summed E-state index contributed by atoms with van der Waals surface area (Å²) in [5.74, 6) is 0.435. The van der Waals surface area contributed by atoms with Crippen LogP contribution in [0.15, 0.2) is 42.5 Å². The van der Waals surface area contributed by atoms with Crippen LogP contribution in [0.5, 0.6) is 5.75 Å². The minimum atomic E-state index is -0.221. The predicted molar refractivity (Wildman–Crippen MR) is 85.7 cm³/mol.